The van der Waals surface area contributed by atoms with Gasteiger partial charge in [-0.3, -0.25) is 0 Å². The fourth-order valence-corrected chi connectivity index (χ4v) is 1.61. The smallest absolute Gasteiger partial charge is 0.145 e. The molecular formula is C9H8BrClN2O. The molecule has 1 heterocycles. The molecule has 74 valence electrons. The van der Waals surface area contributed by atoms with Crippen LogP contribution < -0.4 is 4.74 Å². The van der Waals surface area contributed by atoms with Gasteiger partial charge in [-0.1, -0.05) is 6.07 Å². The number of para-hydroxylation sites is 1. The molecule has 0 aliphatic carbocycles. The number of rotatable bonds is 1. The molecule has 1 aromatic carbocycles. The van der Waals surface area contributed by atoms with E-state index in [1.54, 1.807) is 7.11 Å². The zero-order valence-corrected chi connectivity index (χ0v) is 9.80. The van der Waals surface area contributed by atoms with E-state index in [1.807, 2.05) is 18.2 Å². The number of aromatic nitrogens is 2. The SMILES string of the molecule is COc1cccc2c(Br)ncnc12.Cl. The number of halogens is 2. The molecule has 1 aromatic heterocycles. The first-order valence-corrected chi connectivity index (χ1v) is 4.55. The van der Waals surface area contributed by atoms with Gasteiger partial charge in [-0.2, -0.15) is 0 Å². The molecule has 0 atom stereocenters. The van der Waals surface area contributed by atoms with E-state index in [9.17, 15) is 0 Å². The maximum atomic E-state index is 5.17. The predicted molar refractivity (Wildman–Crippen MR) is 61.0 cm³/mol. The lowest BCUT2D eigenvalue weighted by molar-refractivity contribution is 0.419. The second-order valence-corrected chi connectivity index (χ2v) is 3.27. The van der Waals surface area contributed by atoms with Crippen LogP contribution in [0.5, 0.6) is 5.75 Å². The monoisotopic (exact) mass is 274 g/mol. The van der Waals surface area contributed by atoms with Crippen LogP contribution in [0.1, 0.15) is 0 Å². The lowest BCUT2D eigenvalue weighted by atomic mass is 10.2. The van der Waals surface area contributed by atoms with E-state index in [2.05, 4.69) is 25.9 Å². The van der Waals surface area contributed by atoms with Crippen LogP contribution in [0.2, 0.25) is 0 Å². The third-order valence-electron chi connectivity index (χ3n) is 1.80. The zero-order valence-electron chi connectivity index (χ0n) is 7.40. The van der Waals surface area contributed by atoms with Crippen molar-refractivity contribution in [3.8, 4) is 5.75 Å². The average Bonchev–Trinajstić information content (AvgIpc) is 2.18. The van der Waals surface area contributed by atoms with Gasteiger partial charge in [0.2, 0.25) is 0 Å². The first-order valence-electron chi connectivity index (χ1n) is 3.76. The predicted octanol–water partition coefficient (Wildman–Crippen LogP) is 2.82. The fraction of sp³-hybridized carbons (Fsp3) is 0.111. The maximum absolute atomic E-state index is 5.17. The average molecular weight is 276 g/mol. The topological polar surface area (TPSA) is 35.0 Å². The highest BCUT2D eigenvalue weighted by atomic mass is 79.9. The summed E-state index contributed by atoms with van der Waals surface area (Å²) in [6, 6.07) is 5.74. The van der Waals surface area contributed by atoms with Gasteiger partial charge in [0.05, 0.1) is 7.11 Å². The Kier molecular flexibility index (Phi) is 3.66. The quantitative estimate of drug-likeness (QED) is 0.751. The third kappa shape index (κ3) is 1.81. The molecule has 0 saturated carbocycles. The third-order valence-corrected chi connectivity index (χ3v) is 2.43. The Bertz CT molecular complexity index is 450. The minimum absolute atomic E-state index is 0. The molecule has 5 heteroatoms. The highest BCUT2D eigenvalue weighted by molar-refractivity contribution is 9.10. The summed E-state index contributed by atoms with van der Waals surface area (Å²) in [5, 5.41) is 0.960. The Labute approximate surface area is 96.1 Å². The van der Waals surface area contributed by atoms with Gasteiger partial charge in [-0.15, -0.1) is 12.4 Å². The number of hydrogen-bond acceptors (Lipinski definition) is 3. The number of nitrogens with zero attached hydrogens (tertiary/aromatic N) is 2. The van der Waals surface area contributed by atoms with Gasteiger partial charge in [0, 0.05) is 5.39 Å². The maximum Gasteiger partial charge on any atom is 0.145 e. The summed E-state index contributed by atoms with van der Waals surface area (Å²) in [7, 11) is 1.63. The van der Waals surface area contributed by atoms with E-state index in [1.165, 1.54) is 6.33 Å². The number of hydrogen-bond donors (Lipinski definition) is 0. The van der Waals surface area contributed by atoms with Crippen molar-refractivity contribution < 1.29 is 4.74 Å². The van der Waals surface area contributed by atoms with Crippen molar-refractivity contribution in [2.45, 2.75) is 0 Å². The molecule has 0 fully saturated rings. The van der Waals surface area contributed by atoms with Crippen LogP contribution in [0, 0.1) is 0 Å². The number of ether oxygens (including phenoxy) is 1. The summed E-state index contributed by atoms with van der Waals surface area (Å²) in [5.74, 6) is 0.764. The van der Waals surface area contributed by atoms with Crippen molar-refractivity contribution in [2.75, 3.05) is 7.11 Å². The van der Waals surface area contributed by atoms with Crippen molar-refractivity contribution in [2.24, 2.45) is 0 Å². The van der Waals surface area contributed by atoms with Crippen molar-refractivity contribution >= 4 is 39.2 Å². The second kappa shape index (κ2) is 4.57. The highest BCUT2D eigenvalue weighted by Gasteiger charge is 2.04. The van der Waals surface area contributed by atoms with Crippen LogP contribution >= 0.6 is 28.3 Å². The minimum Gasteiger partial charge on any atom is -0.494 e. The van der Waals surface area contributed by atoms with Crippen molar-refractivity contribution in [3.63, 3.8) is 0 Å². The summed E-state index contributed by atoms with van der Waals surface area (Å²) in [5.41, 5.74) is 0.826. The van der Waals surface area contributed by atoms with Crippen molar-refractivity contribution in [1.82, 2.24) is 9.97 Å². The van der Waals surface area contributed by atoms with Gasteiger partial charge in [0.1, 0.15) is 22.2 Å². The molecule has 0 bridgehead atoms. The van der Waals surface area contributed by atoms with Gasteiger partial charge in [0.15, 0.2) is 0 Å². The normalized spacial score (nSPS) is 9.57. The summed E-state index contributed by atoms with van der Waals surface area (Å²) in [4.78, 5) is 8.18. The summed E-state index contributed by atoms with van der Waals surface area (Å²) < 4.78 is 5.96. The van der Waals surface area contributed by atoms with Gasteiger partial charge in [0.25, 0.3) is 0 Å². The standard InChI is InChI=1S/C9H7BrN2O.ClH/c1-13-7-4-2-3-6-8(7)11-5-12-9(6)10;/h2-5H,1H3;1H. The van der Waals surface area contributed by atoms with Gasteiger partial charge >= 0.3 is 0 Å². The van der Waals surface area contributed by atoms with Gasteiger partial charge in [-0.25, -0.2) is 9.97 Å². The molecule has 14 heavy (non-hydrogen) atoms. The summed E-state index contributed by atoms with van der Waals surface area (Å²) in [6.45, 7) is 0. The zero-order chi connectivity index (χ0) is 9.26. The van der Waals surface area contributed by atoms with E-state index in [-0.39, 0.29) is 12.4 Å². The molecule has 2 aromatic rings. The first kappa shape index (κ1) is 11.2. The first-order chi connectivity index (χ1) is 6.33. The minimum atomic E-state index is 0. The molecule has 0 saturated heterocycles. The fourth-order valence-electron chi connectivity index (χ4n) is 1.19. The highest BCUT2D eigenvalue weighted by Crippen LogP contribution is 2.26. The Morgan fingerprint density at radius 1 is 1.29 bits per heavy atom. The van der Waals surface area contributed by atoms with Crippen LogP contribution in [0.4, 0.5) is 0 Å². The Morgan fingerprint density at radius 3 is 2.79 bits per heavy atom. The lowest BCUT2D eigenvalue weighted by Crippen LogP contribution is -1.89. The molecule has 0 N–H and O–H groups in total. The largest absolute Gasteiger partial charge is 0.494 e. The van der Waals surface area contributed by atoms with E-state index in [0.29, 0.717) is 0 Å². The summed E-state index contributed by atoms with van der Waals surface area (Å²) in [6.07, 6.45) is 1.51. The van der Waals surface area contributed by atoms with Crippen LogP contribution in [-0.2, 0) is 0 Å². The molecule has 0 aliphatic heterocycles. The molecule has 0 radical (unpaired) electrons. The van der Waals surface area contributed by atoms with E-state index >= 15 is 0 Å². The van der Waals surface area contributed by atoms with Crippen molar-refractivity contribution in [1.29, 1.82) is 0 Å². The van der Waals surface area contributed by atoms with Crippen LogP contribution in [-0.4, -0.2) is 17.1 Å². The number of methoxy groups -OCH3 is 1. The molecular weight excluding hydrogens is 267 g/mol. The molecule has 0 aliphatic rings. The van der Waals surface area contributed by atoms with Crippen LogP contribution in [0.3, 0.4) is 0 Å². The number of benzene rings is 1. The van der Waals surface area contributed by atoms with E-state index in [0.717, 1.165) is 21.3 Å². The Balaban J connectivity index is 0.000000980. The van der Waals surface area contributed by atoms with Gasteiger partial charge < -0.3 is 4.74 Å². The van der Waals surface area contributed by atoms with Crippen LogP contribution in [0.15, 0.2) is 29.1 Å². The molecule has 0 amide bonds. The van der Waals surface area contributed by atoms with Gasteiger partial charge in [-0.05, 0) is 28.1 Å². The molecule has 2 rings (SSSR count). The molecule has 0 spiro atoms. The molecule has 3 nitrogen and oxygen atoms in total. The van der Waals surface area contributed by atoms with E-state index < -0.39 is 0 Å². The lowest BCUT2D eigenvalue weighted by Gasteiger charge is -2.03. The number of fused-ring (bicyclic) bond motifs is 1. The Morgan fingerprint density at radius 2 is 2.07 bits per heavy atom. The second-order valence-electron chi connectivity index (χ2n) is 2.52. The van der Waals surface area contributed by atoms with Crippen molar-refractivity contribution in [3.05, 3.63) is 29.1 Å². The van der Waals surface area contributed by atoms with E-state index in [4.69, 9.17) is 4.74 Å². The van der Waals surface area contributed by atoms with Crippen LogP contribution in [0.25, 0.3) is 10.9 Å². The molecule has 0 unspecified atom stereocenters. The summed E-state index contributed by atoms with van der Waals surface area (Å²) >= 11 is 3.35. The Hall–Kier alpha value is -0.870.